The highest BCUT2D eigenvalue weighted by Gasteiger charge is 2.23. The van der Waals surface area contributed by atoms with Gasteiger partial charge >= 0.3 is 0 Å². The van der Waals surface area contributed by atoms with Crippen molar-refractivity contribution in [1.82, 2.24) is 9.78 Å². The molecule has 0 saturated carbocycles. The molecule has 4 nitrogen and oxygen atoms in total. The van der Waals surface area contributed by atoms with Crippen LogP contribution in [0.15, 0.2) is 18.2 Å². The fourth-order valence-electron chi connectivity index (χ4n) is 2.47. The van der Waals surface area contributed by atoms with Gasteiger partial charge in [-0.2, -0.15) is 5.10 Å². The molecule has 21 heavy (non-hydrogen) atoms. The predicted octanol–water partition coefficient (Wildman–Crippen LogP) is 3.54. The highest BCUT2D eigenvalue weighted by molar-refractivity contribution is 5.73. The molecule has 0 saturated heterocycles. The molecular weight excluding hydrogens is 262 g/mol. The van der Waals surface area contributed by atoms with Crippen LogP contribution in [0.25, 0.3) is 11.3 Å². The molecule has 114 valence electrons. The summed E-state index contributed by atoms with van der Waals surface area (Å²) in [6, 6.07) is 6.27. The molecule has 0 amide bonds. The summed E-state index contributed by atoms with van der Waals surface area (Å²) in [5.74, 6) is 1.53. The Hall–Kier alpha value is -1.97. The van der Waals surface area contributed by atoms with E-state index in [0.29, 0.717) is 5.82 Å². The van der Waals surface area contributed by atoms with Crippen molar-refractivity contribution in [2.24, 2.45) is 7.05 Å². The zero-order chi connectivity index (χ0) is 15.8. The summed E-state index contributed by atoms with van der Waals surface area (Å²) in [6.45, 7) is 8.74. The number of methoxy groups -OCH3 is 1. The number of nitrogen functional groups attached to an aromatic ring is 1. The first kappa shape index (κ1) is 15.4. The molecule has 2 N–H and O–H groups in total. The Morgan fingerprint density at radius 3 is 2.33 bits per heavy atom. The number of nitrogens with zero attached hydrogens (tertiary/aromatic N) is 2. The van der Waals surface area contributed by atoms with Crippen LogP contribution in [-0.2, 0) is 18.9 Å². The Labute approximate surface area is 126 Å². The molecule has 1 aromatic heterocycles. The standard InChI is InChI=1S/C17H25N3O/c1-7-11-8-12(14-10-15(18)20(5)19-14)16(21-6)13(9-11)17(2,3)4/h8-10H,7,18H2,1-6H3. The smallest absolute Gasteiger partial charge is 0.132 e. The van der Waals surface area contributed by atoms with Gasteiger partial charge in [0.25, 0.3) is 0 Å². The van der Waals surface area contributed by atoms with Crippen LogP contribution in [0.2, 0.25) is 0 Å². The number of ether oxygens (including phenoxy) is 1. The van der Waals surface area contributed by atoms with Gasteiger partial charge < -0.3 is 10.5 Å². The summed E-state index contributed by atoms with van der Waals surface area (Å²) in [7, 11) is 3.56. The molecule has 1 heterocycles. The van der Waals surface area contributed by atoms with E-state index in [4.69, 9.17) is 10.5 Å². The van der Waals surface area contributed by atoms with Gasteiger partial charge in [0, 0.05) is 24.2 Å². The molecular formula is C17H25N3O. The molecule has 0 fully saturated rings. The fourth-order valence-corrected chi connectivity index (χ4v) is 2.47. The number of aryl methyl sites for hydroxylation is 2. The predicted molar refractivity (Wildman–Crippen MR) is 87.7 cm³/mol. The molecule has 0 unspecified atom stereocenters. The first-order valence-corrected chi connectivity index (χ1v) is 7.29. The van der Waals surface area contributed by atoms with Gasteiger partial charge in [-0.25, -0.2) is 0 Å². The van der Waals surface area contributed by atoms with Crippen LogP contribution < -0.4 is 10.5 Å². The number of aromatic nitrogens is 2. The highest BCUT2D eigenvalue weighted by atomic mass is 16.5. The topological polar surface area (TPSA) is 53.1 Å². The third-order valence-corrected chi connectivity index (χ3v) is 3.76. The first-order chi connectivity index (χ1) is 9.77. The van der Waals surface area contributed by atoms with Crippen molar-refractivity contribution in [2.45, 2.75) is 39.5 Å². The van der Waals surface area contributed by atoms with Gasteiger partial charge in [-0.05, 0) is 23.5 Å². The third-order valence-electron chi connectivity index (χ3n) is 3.76. The maximum absolute atomic E-state index is 5.92. The van der Waals surface area contributed by atoms with Crippen molar-refractivity contribution in [1.29, 1.82) is 0 Å². The van der Waals surface area contributed by atoms with E-state index in [1.165, 1.54) is 11.1 Å². The second-order valence-corrected chi connectivity index (χ2v) is 6.41. The first-order valence-electron chi connectivity index (χ1n) is 7.29. The van der Waals surface area contributed by atoms with Gasteiger partial charge in [0.1, 0.15) is 11.6 Å². The summed E-state index contributed by atoms with van der Waals surface area (Å²) in [6.07, 6.45) is 0.975. The molecule has 2 rings (SSSR count). The quantitative estimate of drug-likeness (QED) is 0.939. The summed E-state index contributed by atoms with van der Waals surface area (Å²) >= 11 is 0. The summed E-state index contributed by atoms with van der Waals surface area (Å²) in [5, 5.41) is 4.50. The molecule has 0 aliphatic heterocycles. The van der Waals surface area contributed by atoms with Gasteiger partial charge in [-0.15, -0.1) is 0 Å². The molecule has 0 atom stereocenters. The molecule has 1 aromatic carbocycles. The van der Waals surface area contributed by atoms with E-state index in [-0.39, 0.29) is 5.41 Å². The SMILES string of the molecule is CCc1cc(-c2cc(N)n(C)n2)c(OC)c(C(C)(C)C)c1. The van der Waals surface area contributed by atoms with Crippen LogP contribution in [-0.4, -0.2) is 16.9 Å². The molecule has 0 radical (unpaired) electrons. The van der Waals surface area contributed by atoms with E-state index in [1.807, 2.05) is 13.1 Å². The fraction of sp³-hybridized carbons (Fsp3) is 0.471. The van der Waals surface area contributed by atoms with Gasteiger partial charge in [0.2, 0.25) is 0 Å². The normalized spacial score (nSPS) is 11.7. The monoisotopic (exact) mass is 287 g/mol. The van der Waals surface area contributed by atoms with Crippen LogP contribution in [0.4, 0.5) is 5.82 Å². The van der Waals surface area contributed by atoms with Crippen LogP contribution >= 0.6 is 0 Å². The highest BCUT2D eigenvalue weighted by Crippen LogP contribution is 2.40. The third kappa shape index (κ3) is 2.89. The lowest BCUT2D eigenvalue weighted by Crippen LogP contribution is -2.14. The Balaban J connectivity index is 2.74. The minimum atomic E-state index is 0.00555. The van der Waals surface area contributed by atoms with E-state index in [0.717, 1.165) is 23.4 Å². The molecule has 0 spiro atoms. The summed E-state index contributed by atoms with van der Waals surface area (Å²) < 4.78 is 7.40. The lowest BCUT2D eigenvalue weighted by atomic mass is 9.83. The number of benzene rings is 1. The van der Waals surface area contributed by atoms with E-state index in [9.17, 15) is 0 Å². The number of hydrogen-bond acceptors (Lipinski definition) is 3. The Kier molecular flexibility index (Phi) is 3.99. The number of rotatable bonds is 3. The van der Waals surface area contributed by atoms with E-state index < -0.39 is 0 Å². The van der Waals surface area contributed by atoms with Crippen molar-refractivity contribution in [3.8, 4) is 17.0 Å². The van der Waals surface area contributed by atoms with Crippen molar-refractivity contribution in [3.63, 3.8) is 0 Å². The van der Waals surface area contributed by atoms with Crippen LogP contribution in [0, 0.1) is 0 Å². The average Bonchev–Trinajstić information content (AvgIpc) is 2.76. The van der Waals surface area contributed by atoms with Crippen LogP contribution in [0.1, 0.15) is 38.8 Å². The molecule has 2 aromatic rings. The van der Waals surface area contributed by atoms with Crippen LogP contribution in [0.3, 0.4) is 0 Å². The lowest BCUT2D eigenvalue weighted by molar-refractivity contribution is 0.399. The van der Waals surface area contributed by atoms with Crippen molar-refractivity contribution < 1.29 is 4.74 Å². The Morgan fingerprint density at radius 1 is 1.24 bits per heavy atom. The Bertz CT molecular complexity index is 631. The van der Waals surface area contributed by atoms with Crippen molar-refractivity contribution in [3.05, 3.63) is 29.3 Å². The van der Waals surface area contributed by atoms with Gasteiger partial charge in [0.15, 0.2) is 0 Å². The second kappa shape index (κ2) is 5.43. The largest absolute Gasteiger partial charge is 0.496 e. The van der Waals surface area contributed by atoms with Crippen molar-refractivity contribution in [2.75, 3.05) is 12.8 Å². The molecule has 4 heteroatoms. The molecule has 0 aliphatic rings. The lowest BCUT2D eigenvalue weighted by Gasteiger charge is -2.24. The average molecular weight is 287 g/mol. The van der Waals surface area contributed by atoms with Gasteiger partial charge in [-0.3, -0.25) is 4.68 Å². The van der Waals surface area contributed by atoms with E-state index in [1.54, 1.807) is 11.8 Å². The number of nitrogens with two attached hydrogens (primary N) is 1. The summed E-state index contributed by atoms with van der Waals surface area (Å²) in [5.41, 5.74) is 10.3. The second-order valence-electron chi connectivity index (χ2n) is 6.41. The minimum absolute atomic E-state index is 0.00555. The molecule has 0 aliphatic carbocycles. The van der Waals surface area contributed by atoms with Crippen molar-refractivity contribution >= 4 is 5.82 Å². The van der Waals surface area contributed by atoms with E-state index in [2.05, 4.69) is 44.9 Å². The zero-order valence-electron chi connectivity index (χ0n) is 13.8. The van der Waals surface area contributed by atoms with Gasteiger partial charge in [0.05, 0.1) is 12.8 Å². The number of hydrogen-bond donors (Lipinski definition) is 1. The maximum atomic E-state index is 5.92. The van der Waals surface area contributed by atoms with E-state index >= 15 is 0 Å². The number of anilines is 1. The molecule has 0 bridgehead atoms. The van der Waals surface area contributed by atoms with Gasteiger partial charge in [-0.1, -0.05) is 33.8 Å². The summed E-state index contributed by atoms with van der Waals surface area (Å²) in [4.78, 5) is 0. The minimum Gasteiger partial charge on any atom is -0.496 e. The maximum Gasteiger partial charge on any atom is 0.132 e. The van der Waals surface area contributed by atoms with Crippen LogP contribution in [0.5, 0.6) is 5.75 Å². The zero-order valence-corrected chi connectivity index (χ0v) is 13.8. The Morgan fingerprint density at radius 2 is 1.90 bits per heavy atom.